The highest BCUT2D eigenvalue weighted by molar-refractivity contribution is 6.31. The number of ketones is 1. The molecule has 4 rings (SSSR count). The van der Waals surface area contributed by atoms with Crippen LogP contribution in [0, 0.1) is 12.7 Å². The van der Waals surface area contributed by atoms with E-state index in [4.69, 9.17) is 25.5 Å². The fourth-order valence-electron chi connectivity index (χ4n) is 2.74. The van der Waals surface area contributed by atoms with Crippen molar-refractivity contribution in [2.24, 2.45) is 0 Å². The van der Waals surface area contributed by atoms with Crippen molar-refractivity contribution in [3.8, 4) is 11.5 Å². The zero-order valence-electron chi connectivity index (χ0n) is 14.3. The quantitative estimate of drug-likeness (QED) is 0.551. The van der Waals surface area contributed by atoms with Gasteiger partial charge in [-0.2, -0.15) is 0 Å². The molecule has 27 heavy (non-hydrogen) atoms. The first-order chi connectivity index (χ1) is 13.0. The molecule has 0 N–H and O–H groups in total. The second kappa shape index (κ2) is 6.93. The molecule has 2 heterocycles. The number of carbonyl (C=O) groups excluding carboxylic acids is 1. The number of allylic oxidation sites excluding steroid dienone is 1. The standard InChI is InChI=1S/C21H14ClFO4/c1-12-5-6-14(26-12)10-20-21(24)15-8-7-13(9-19(15)27-20)25-11-16-17(22)3-2-4-18(16)23/h2-10H,11H2,1H3/b20-10-. The molecule has 0 unspecified atom stereocenters. The van der Waals surface area contributed by atoms with E-state index in [1.165, 1.54) is 12.1 Å². The summed E-state index contributed by atoms with van der Waals surface area (Å²) >= 11 is 6.00. The average molecular weight is 385 g/mol. The smallest absolute Gasteiger partial charge is 0.232 e. The molecular formula is C21H14ClFO4. The highest BCUT2D eigenvalue weighted by Gasteiger charge is 2.28. The number of hydrogen-bond donors (Lipinski definition) is 0. The van der Waals surface area contributed by atoms with Gasteiger partial charge in [-0.15, -0.1) is 0 Å². The van der Waals surface area contributed by atoms with Crippen LogP contribution in [0.1, 0.15) is 27.4 Å². The predicted molar refractivity (Wildman–Crippen MR) is 98.6 cm³/mol. The molecule has 1 aromatic heterocycles. The molecule has 0 spiro atoms. The molecule has 0 atom stereocenters. The van der Waals surface area contributed by atoms with E-state index in [-0.39, 0.29) is 23.7 Å². The maximum atomic E-state index is 13.8. The normalized spacial score (nSPS) is 14.3. The fourth-order valence-corrected chi connectivity index (χ4v) is 2.96. The highest BCUT2D eigenvalue weighted by atomic mass is 35.5. The summed E-state index contributed by atoms with van der Waals surface area (Å²) in [5.41, 5.74) is 0.700. The summed E-state index contributed by atoms with van der Waals surface area (Å²) in [6.07, 6.45) is 1.55. The second-order valence-electron chi connectivity index (χ2n) is 6.04. The van der Waals surface area contributed by atoms with Crippen molar-refractivity contribution >= 4 is 23.5 Å². The van der Waals surface area contributed by atoms with Crippen molar-refractivity contribution in [1.82, 2.24) is 0 Å². The molecule has 136 valence electrons. The van der Waals surface area contributed by atoms with Crippen molar-refractivity contribution in [2.75, 3.05) is 0 Å². The average Bonchev–Trinajstić information content (AvgIpc) is 3.18. The van der Waals surface area contributed by atoms with Crippen LogP contribution in [-0.2, 0) is 6.61 Å². The van der Waals surface area contributed by atoms with Gasteiger partial charge >= 0.3 is 0 Å². The van der Waals surface area contributed by atoms with Crippen LogP contribution >= 0.6 is 11.6 Å². The van der Waals surface area contributed by atoms with Crippen LogP contribution in [0.2, 0.25) is 5.02 Å². The first kappa shape index (κ1) is 17.4. The number of furan rings is 1. The number of ether oxygens (including phenoxy) is 2. The van der Waals surface area contributed by atoms with E-state index in [2.05, 4.69) is 0 Å². The number of aryl methyl sites for hydroxylation is 1. The zero-order chi connectivity index (χ0) is 19.0. The lowest BCUT2D eigenvalue weighted by atomic mass is 10.1. The van der Waals surface area contributed by atoms with E-state index < -0.39 is 5.82 Å². The number of hydrogen-bond acceptors (Lipinski definition) is 4. The summed E-state index contributed by atoms with van der Waals surface area (Å²) in [5.74, 6) is 1.61. The van der Waals surface area contributed by atoms with Crippen LogP contribution in [0.5, 0.6) is 11.5 Å². The summed E-state index contributed by atoms with van der Waals surface area (Å²) < 4.78 is 30.5. The van der Waals surface area contributed by atoms with Crippen LogP contribution in [-0.4, -0.2) is 5.78 Å². The lowest BCUT2D eigenvalue weighted by Crippen LogP contribution is -1.99. The van der Waals surface area contributed by atoms with Crippen molar-refractivity contribution in [2.45, 2.75) is 13.5 Å². The van der Waals surface area contributed by atoms with Crippen molar-refractivity contribution in [3.63, 3.8) is 0 Å². The van der Waals surface area contributed by atoms with Gasteiger partial charge in [0.15, 0.2) is 5.76 Å². The van der Waals surface area contributed by atoms with Gasteiger partial charge in [-0.05, 0) is 43.3 Å². The lowest BCUT2D eigenvalue weighted by Gasteiger charge is -2.09. The van der Waals surface area contributed by atoms with Gasteiger partial charge in [0.1, 0.15) is 35.4 Å². The van der Waals surface area contributed by atoms with Crippen LogP contribution < -0.4 is 9.47 Å². The van der Waals surface area contributed by atoms with Gasteiger partial charge < -0.3 is 13.9 Å². The monoisotopic (exact) mass is 384 g/mol. The van der Waals surface area contributed by atoms with E-state index in [9.17, 15) is 9.18 Å². The third-order valence-corrected chi connectivity index (χ3v) is 4.47. The van der Waals surface area contributed by atoms with Crippen LogP contribution in [0.4, 0.5) is 4.39 Å². The van der Waals surface area contributed by atoms with Gasteiger partial charge in [-0.3, -0.25) is 4.79 Å². The SMILES string of the molecule is Cc1ccc(/C=C2\Oc3cc(OCc4c(F)cccc4Cl)ccc3C2=O)o1. The molecule has 2 aromatic carbocycles. The van der Waals surface area contributed by atoms with Crippen molar-refractivity contribution in [1.29, 1.82) is 0 Å². The van der Waals surface area contributed by atoms with Gasteiger partial charge in [0.2, 0.25) is 5.78 Å². The number of carbonyl (C=O) groups is 1. The Morgan fingerprint density at radius 3 is 2.78 bits per heavy atom. The summed E-state index contributed by atoms with van der Waals surface area (Å²) in [7, 11) is 0. The number of fused-ring (bicyclic) bond motifs is 1. The molecule has 0 saturated heterocycles. The first-order valence-corrected chi connectivity index (χ1v) is 8.59. The Kier molecular flexibility index (Phi) is 4.46. The Labute approximate surface area is 159 Å². The number of Topliss-reactive ketones (excluding diaryl/α,β-unsaturated/α-hetero) is 1. The number of benzene rings is 2. The molecular weight excluding hydrogens is 371 g/mol. The minimum absolute atomic E-state index is 0.0351. The minimum atomic E-state index is -0.436. The maximum absolute atomic E-state index is 13.8. The molecule has 1 aliphatic rings. The molecule has 3 aromatic rings. The fraction of sp³-hybridized carbons (Fsp3) is 0.0952. The van der Waals surface area contributed by atoms with Crippen LogP contribution in [0.3, 0.4) is 0 Å². The molecule has 0 fully saturated rings. The minimum Gasteiger partial charge on any atom is -0.489 e. The third kappa shape index (κ3) is 3.46. The maximum Gasteiger partial charge on any atom is 0.232 e. The molecule has 0 aliphatic carbocycles. The Hall–Kier alpha value is -3.05. The van der Waals surface area contributed by atoms with E-state index in [0.717, 1.165) is 5.76 Å². The van der Waals surface area contributed by atoms with Gasteiger partial charge in [0, 0.05) is 17.7 Å². The van der Waals surface area contributed by atoms with Gasteiger partial charge in [0.25, 0.3) is 0 Å². The first-order valence-electron chi connectivity index (χ1n) is 8.22. The topological polar surface area (TPSA) is 48.7 Å². The largest absolute Gasteiger partial charge is 0.489 e. The summed E-state index contributed by atoms with van der Waals surface area (Å²) in [6.45, 7) is 1.78. The molecule has 6 heteroatoms. The lowest BCUT2D eigenvalue weighted by molar-refractivity contribution is 0.101. The summed E-state index contributed by atoms with van der Waals surface area (Å²) in [5, 5.41) is 0.293. The third-order valence-electron chi connectivity index (χ3n) is 4.12. The van der Waals surface area contributed by atoms with Gasteiger partial charge in [0.05, 0.1) is 10.6 Å². The highest BCUT2D eigenvalue weighted by Crippen LogP contribution is 2.35. The van der Waals surface area contributed by atoms with E-state index in [0.29, 0.717) is 27.8 Å². The number of halogens is 2. The predicted octanol–water partition coefficient (Wildman–Crippen LogP) is 5.58. The zero-order valence-corrected chi connectivity index (χ0v) is 15.0. The van der Waals surface area contributed by atoms with Gasteiger partial charge in [-0.25, -0.2) is 4.39 Å². The molecule has 0 amide bonds. The van der Waals surface area contributed by atoms with E-state index in [1.807, 2.05) is 6.92 Å². The Morgan fingerprint density at radius 1 is 1.19 bits per heavy atom. The molecule has 0 saturated carbocycles. The van der Waals surface area contributed by atoms with Crippen LogP contribution in [0.15, 0.2) is 58.7 Å². The van der Waals surface area contributed by atoms with Crippen LogP contribution in [0.25, 0.3) is 6.08 Å². The van der Waals surface area contributed by atoms with Crippen molar-refractivity contribution in [3.05, 3.63) is 87.8 Å². The molecule has 1 aliphatic heterocycles. The molecule has 4 nitrogen and oxygen atoms in total. The summed E-state index contributed by atoms with van der Waals surface area (Å²) in [6, 6.07) is 12.9. The second-order valence-corrected chi connectivity index (χ2v) is 6.44. The Morgan fingerprint density at radius 2 is 2.04 bits per heavy atom. The van der Waals surface area contributed by atoms with E-state index in [1.54, 1.807) is 42.5 Å². The Balaban J connectivity index is 1.53. The molecule has 0 radical (unpaired) electrons. The van der Waals surface area contributed by atoms with Gasteiger partial charge in [-0.1, -0.05) is 17.7 Å². The van der Waals surface area contributed by atoms with E-state index >= 15 is 0 Å². The van der Waals surface area contributed by atoms with Crippen molar-refractivity contribution < 1.29 is 23.1 Å². The summed E-state index contributed by atoms with van der Waals surface area (Å²) in [4.78, 5) is 12.4. The molecule has 0 bridgehead atoms. The number of rotatable bonds is 4. The Bertz CT molecular complexity index is 1050.